The number of ether oxygens (including phenoxy) is 1. The number of pyridine rings is 1. The van der Waals surface area contributed by atoms with Gasteiger partial charge in [-0.3, -0.25) is 10.1 Å². The van der Waals surface area contributed by atoms with Gasteiger partial charge in [0, 0.05) is 6.07 Å². The summed E-state index contributed by atoms with van der Waals surface area (Å²) in [7, 11) is 1.07. The lowest BCUT2D eigenvalue weighted by Crippen LogP contribution is -2.08. The van der Waals surface area contributed by atoms with Gasteiger partial charge in [0.2, 0.25) is 0 Å². The van der Waals surface area contributed by atoms with Gasteiger partial charge >= 0.3 is 12.1 Å². The maximum atomic E-state index is 12.8. The molecule has 25 heavy (non-hydrogen) atoms. The first-order valence-electron chi connectivity index (χ1n) is 6.36. The monoisotopic (exact) mass is 394 g/mol. The Kier molecular flexibility index (Phi) is 5.19. The Bertz CT molecular complexity index is 872. The number of alkyl halides is 3. The fraction of sp³-hybridized carbons (Fsp3) is 0.143. The highest BCUT2D eigenvalue weighted by molar-refractivity contribution is 6.34. The number of hydrogen-bond donors (Lipinski definition) is 0. The lowest BCUT2D eigenvalue weighted by Gasteiger charge is -2.11. The van der Waals surface area contributed by atoms with Gasteiger partial charge in [-0.2, -0.15) is 13.2 Å². The predicted molar refractivity (Wildman–Crippen MR) is 82.7 cm³/mol. The minimum absolute atomic E-state index is 0.0960. The van der Waals surface area contributed by atoms with Gasteiger partial charge in [0.05, 0.1) is 38.9 Å². The molecule has 1 aromatic carbocycles. The molecule has 0 aliphatic heterocycles. The van der Waals surface area contributed by atoms with Gasteiger partial charge in [-0.05, 0) is 18.2 Å². The number of aromatic nitrogens is 1. The summed E-state index contributed by atoms with van der Waals surface area (Å²) in [5, 5.41) is 10.6. The number of esters is 1. The van der Waals surface area contributed by atoms with Crippen LogP contribution in [0, 0.1) is 10.1 Å². The standard InChI is InChI=1S/C14H7Cl2F3N2O4/c1-25-13(22)12-7(15)2-3-9(20-12)11-8(16)4-6(14(17,18)19)5-10(11)21(23)24/h2-5H,1H3. The van der Waals surface area contributed by atoms with Crippen molar-refractivity contribution in [2.24, 2.45) is 0 Å². The van der Waals surface area contributed by atoms with Gasteiger partial charge < -0.3 is 4.74 Å². The highest BCUT2D eigenvalue weighted by Crippen LogP contribution is 2.41. The normalized spacial score (nSPS) is 11.3. The lowest BCUT2D eigenvalue weighted by molar-refractivity contribution is -0.384. The second kappa shape index (κ2) is 6.85. The smallest absolute Gasteiger partial charge is 0.416 e. The van der Waals surface area contributed by atoms with E-state index in [2.05, 4.69) is 9.72 Å². The molecular formula is C14H7Cl2F3N2O4. The number of methoxy groups -OCH3 is 1. The van der Waals surface area contributed by atoms with E-state index in [-0.39, 0.29) is 22.0 Å². The van der Waals surface area contributed by atoms with E-state index in [1.54, 1.807) is 0 Å². The van der Waals surface area contributed by atoms with Gasteiger partial charge in [-0.15, -0.1) is 0 Å². The Hall–Kier alpha value is -2.39. The van der Waals surface area contributed by atoms with Crippen LogP contribution >= 0.6 is 23.2 Å². The molecule has 0 saturated carbocycles. The predicted octanol–water partition coefficient (Wildman–Crippen LogP) is 4.77. The van der Waals surface area contributed by atoms with E-state index in [0.717, 1.165) is 7.11 Å². The molecule has 1 aromatic heterocycles. The zero-order valence-corrected chi connectivity index (χ0v) is 13.7. The molecule has 0 radical (unpaired) electrons. The average Bonchev–Trinajstić information content (AvgIpc) is 2.53. The van der Waals surface area contributed by atoms with Crippen LogP contribution in [0.1, 0.15) is 16.1 Å². The summed E-state index contributed by atoms with van der Waals surface area (Å²) in [5.41, 5.74) is -3.12. The summed E-state index contributed by atoms with van der Waals surface area (Å²) in [5.74, 6) is -0.919. The Morgan fingerprint density at radius 1 is 1.24 bits per heavy atom. The van der Waals surface area contributed by atoms with Crippen LogP contribution in [0.15, 0.2) is 24.3 Å². The lowest BCUT2D eigenvalue weighted by atomic mass is 10.0. The number of hydrogen-bond acceptors (Lipinski definition) is 5. The fourth-order valence-corrected chi connectivity index (χ4v) is 2.47. The highest BCUT2D eigenvalue weighted by Gasteiger charge is 2.35. The zero-order chi connectivity index (χ0) is 18.9. The molecule has 0 N–H and O–H groups in total. The van der Waals surface area contributed by atoms with Crippen molar-refractivity contribution in [2.45, 2.75) is 6.18 Å². The van der Waals surface area contributed by atoms with Crippen molar-refractivity contribution in [1.82, 2.24) is 4.98 Å². The minimum atomic E-state index is -4.82. The van der Waals surface area contributed by atoms with E-state index in [4.69, 9.17) is 23.2 Å². The molecule has 0 saturated heterocycles. The third kappa shape index (κ3) is 3.83. The van der Waals surface area contributed by atoms with Crippen LogP contribution in [-0.2, 0) is 10.9 Å². The van der Waals surface area contributed by atoms with Crippen molar-refractivity contribution in [3.05, 3.63) is 55.7 Å². The van der Waals surface area contributed by atoms with Crippen LogP contribution in [0.4, 0.5) is 18.9 Å². The molecule has 0 unspecified atom stereocenters. The van der Waals surface area contributed by atoms with Gasteiger partial charge in [-0.1, -0.05) is 23.2 Å². The molecular weight excluding hydrogens is 388 g/mol. The molecule has 0 aliphatic carbocycles. The number of benzene rings is 1. The first-order chi connectivity index (χ1) is 11.6. The molecule has 0 fully saturated rings. The fourth-order valence-electron chi connectivity index (χ4n) is 1.97. The molecule has 0 bridgehead atoms. The maximum absolute atomic E-state index is 12.8. The summed E-state index contributed by atoms with van der Waals surface area (Å²) in [6, 6.07) is 3.28. The van der Waals surface area contributed by atoms with Crippen LogP contribution in [0.25, 0.3) is 11.3 Å². The minimum Gasteiger partial charge on any atom is -0.464 e. The summed E-state index contributed by atoms with van der Waals surface area (Å²) in [4.78, 5) is 25.6. The maximum Gasteiger partial charge on any atom is 0.416 e. The largest absolute Gasteiger partial charge is 0.464 e. The Labute approximate surface area is 148 Å². The van der Waals surface area contributed by atoms with Crippen LogP contribution in [-0.4, -0.2) is 23.0 Å². The first-order valence-corrected chi connectivity index (χ1v) is 7.12. The van der Waals surface area contributed by atoms with Crippen LogP contribution in [0.2, 0.25) is 10.0 Å². The van der Waals surface area contributed by atoms with E-state index in [9.17, 15) is 28.1 Å². The number of nitrogens with zero attached hydrogens (tertiary/aromatic N) is 2. The molecule has 1 heterocycles. The third-order valence-corrected chi connectivity index (χ3v) is 3.68. The SMILES string of the molecule is COC(=O)c1nc(-c2c(Cl)cc(C(F)(F)F)cc2[N+](=O)[O-])ccc1Cl. The Balaban J connectivity index is 2.75. The first kappa shape index (κ1) is 18.9. The van der Waals surface area contributed by atoms with Crippen molar-refractivity contribution >= 4 is 34.9 Å². The second-order valence-electron chi connectivity index (χ2n) is 4.63. The van der Waals surface area contributed by atoms with E-state index in [1.807, 2.05) is 0 Å². The van der Waals surface area contributed by atoms with Gasteiger partial charge in [-0.25, -0.2) is 9.78 Å². The molecule has 0 aliphatic rings. The van der Waals surface area contributed by atoms with Crippen molar-refractivity contribution < 1.29 is 27.6 Å². The molecule has 0 amide bonds. The summed E-state index contributed by atoms with van der Waals surface area (Å²) in [6.45, 7) is 0. The molecule has 132 valence electrons. The van der Waals surface area contributed by atoms with Gasteiger partial charge in [0.25, 0.3) is 5.69 Å². The highest BCUT2D eigenvalue weighted by atomic mass is 35.5. The number of carbonyl (C=O) groups excluding carboxylic acids is 1. The Morgan fingerprint density at radius 2 is 1.88 bits per heavy atom. The van der Waals surface area contributed by atoms with Crippen LogP contribution < -0.4 is 0 Å². The number of halogens is 5. The molecule has 0 spiro atoms. The number of nitro benzene ring substituents is 1. The van der Waals surface area contributed by atoms with Crippen molar-refractivity contribution in [3.8, 4) is 11.3 Å². The van der Waals surface area contributed by atoms with Crippen molar-refractivity contribution in [1.29, 1.82) is 0 Å². The van der Waals surface area contributed by atoms with E-state index in [1.165, 1.54) is 12.1 Å². The number of nitro groups is 1. The summed E-state index contributed by atoms with van der Waals surface area (Å²) in [6.07, 6.45) is -4.82. The molecule has 2 aromatic rings. The zero-order valence-electron chi connectivity index (χ0n) is 12.2. The van der Waals surface area contributed by atoms with Gasteiger partial charge in [0.15, 0.2) is 5.69 Å². The molecule has 6 nitrogen and oxygen atoms in total. The van der Waals surface area contributed by atoms with Crippen LogP contribution in [0.5, 0.6) is 0 Å². The van der Waals surface area contributed by atoms with E-state index in [0.29, 0.717) is 12.1 Å². The summed E-state index contributed by atoms with van der Waals surface area (Å²) < 4.78 is 43.0. The topological polar surface area (TPSA) is 82.3 Å². The van der Waals surface area contributed by atoms with Gasteiger partial charge in [0.1, 0.15) is 0 Å². The number of carbonyl (C=O) groups is 1. The van der Waals surface area contributed by atoms with Crippen molar-refractivity contribution in [2.75, 3.05) is 7.11 Å². The van der Waals surface area contributed by atoms with Crippen molar-refractivity contribution in [3.63, 3.8) is 0 Å². The second-order valence-corrected chi connectivity index (χ2v) is 5.44. The van der Waals surface area contributed by atoms with E-state index < -0.39 is 33.3 Å². The summed E-state index contributed by atoms with van der Waals surface area (Å²) >= 11 is 11.6. The van der Waals surface area contributed by atoms with E-state index >= 15 is 0 Å². The molecule has 2 rings (SSSR count). The quantitative estimate of drug-likeness (QED) is 0.425. The average molecular weight is 395 g/mol. The third-order valence-electron chi connectivity index (χ3n) is 3.07. The molecule has 11 heteroatoms. The Morgan fingerprint density at radius 3 is 2.40 bits per heavy atom. The molecule has 0 atom stereocenters. The van der Waals surface area contributed by atoms with Crippen LogP contribution in [0.3, 0.4) is 0 Å². The number of rotatable bonds is 3.